The van der Waals surface area contributed by atoms with Gasteiger partial charge in [0.15, 0.2) is 17.5 Å². The smallest absolute Gasteiger partial charge is 0.167 e. The van der Waals surface area contributed by atoms with Gasteiger partial charge in [0.1, 0.15) is 11.2 Å². The zero-order valence-electron chi connectivity index (χ0n) is 30.4. The highest BCUT2D eigenvalue weighted by atomic mass is 32.1. The van der Waals surface area contributed by atoms with Gasteiger partial charge in [0.2, 0.25) is 0 Å². The normalized spacial score (nSPS) is 11.9. The molecule has 5 nitrogen and oxygen atoms in total. The van der Waals surface area contributed by atoms with Crippen LogP contribution in [0.25, 0.3) is 115 Å². The van der Waals surface area contributed by atoms with Crippen molar-refractivity contribution in [3.63, 3.8) is 0 Å². The van der Waals surface area contributed by atoms with Gasteiger partial charge in [0.05, 0.1) is 16.6 Å². The van der Waals surface area contributed by atoms with Crippen LogP contribution >= 0.6 is 11.3 Å². The number of furan rings is 1. The lowest BCUT2D eigenvalue weighted by molar-refractivity contribution is 0.670. The van der Waals surface area contributed by atoms with Crippen LogP contribution in [0.5, 0.6) is 0 Å². The number of aromatic nitrogens is 4. The summed E-state index contributed by atoms with van der Waals surface area (Å²) in [6.07, 6.45) is 0. The zero-order valence-corrected chi connectivity index (χ0v) is 31.2. The molecule has 8 aromatic carbocycles. The van der Waals surface area contributed by atoms with Gasteiger partial charge in [0, 0.05) is 64.1 Å². The molecule has 6 heteroatoms. The van der Waals surface area contributed by atoms with Gasteiger partial charge in [-0.1, -0.05) is 140 Å². The molecule has 0 amide bonds. The van der Waals surface area contributed by atoms with Gasteiger partial charge in [0.25, 0.3) is 0 Å². The number of fused-ring (bicyclic) bond motifs is 9. The van der Waals surface area contributed by atoms with Gasteiger partial charge in [-0.25, -0.2) is 15.0 Å². The summed E-state index contributed by atoms with van der Waals surface area (Å²) in [5.41, 5.74) is 10.0. The molecule has 0 atom stereocenters. The molecule has 0 saturated heterocycles. The summed E-state index contributed by atoms with van der Waals surface area (Å²) in [4.78, 5) is 15.0. The molecule has 0 spiro atoms. The lowest BCUT2D eigenvalue weighted by Crippen LogP contribution is -2.00. The highest BCUT2D eigenvalue weighted by Gasteiger charge is 2.20. The van der Waals surface area contributed by atoms with Crippen LogP contribution in [-0.2, 0) is 0 Å². The third-order valence-corrected chi connectivity index (χ3v) is 12.2. The molecule has 0 saturated carbocycles. The van der Waals surface area contributed by atoms with Crippen LogP contribution in [0.2, 0.25) is 0 Å². The van der Waals surface area contributed by atoms with Gasteiger partial charge >= 0.3 is 0 Å². The van der Waals surface area contributed by atoms with Gasteiger partial charge in [-0.05, 0) is 48.0 Å². The van der Waals surface area contributed by atoms with Gasteiger partial charge < -0.3 is 8.98 Å². The second-order valence-electron chi connectivity index (χ2n) is 14.4. The van der Waals surface area contributed by atoms with E-state index in [1.54, 1.807) is 0 Å². The van der Waals surface area contributed by atoms with Crippen molar-refractivity contribution >= 4 is 75.3 Å². The molecule has 0 N–H and O–H groups in total. The molecule has 4 heterocycles. The molecule has 57 heavy (non-hydrogen) atoms. The average Bonchev–Trinajstić information content (AvgIpc) is 3.96. The standard InChI is InChI=1S/C51H30N4OS/c1-3-13-31(14-4-1)49-52-50(32-15-5-2-6-16-32)54-51(53-49)41-22-12-21-40-39-20-11-19-35(47(39)56-48(40)41)33-25-28-45-42(29-33)38-27-26-34(30-46(38)57-45)55-43-23-9-7-17-36(43)37-18-8-10-24-44(37)55/h1-30H. The highest BCUT2D eigenvalue weighted by Crippen LogP contribution is 2.43. The second kappa shape index (κ2) is 12.6. The summed E-state index contributed by atoms with van der Waals surface area (Å²) in [6, 6.07) is 63.8. The Morgan fingerprint density at radius 3 is 1.60 bits per heavy atom. The van der Waals surface area contributed by atoms with Crippen LogP contribution in [0, 0.1) is 0 Å². The molecule has 12 rings (SSSR count). The van der Waals surface area contributed by atoms with E-state index in [4.69, 9.17) is 19.4 Å². The molecule has 0 aliphatic rings. The first kappa shape index (κ1) is 31.9. The summed E-state index contributed by atoms with van der Waals surface area (Å²) in [7, 11) is 0. The number of hydrogen-bond donors (Lipinski definition) is 0. The Balaban J connectivity index is 0.996. The third-order valence-electron chi connectivity index (χ3n) is 11.1. The van der Waals surface area contributed by atoms with E-state index in [0.717, 1.165) is 49.8 Å². The van der Waals surface area contributed by atoms with Crippen molar-refractivity contribution in [3.8, 4) is 51.0 Å². The third kappa shape index (κ3) is 5.04. The molecular formula is C51H30N4OS. The zero-order chi connectivity index (χ0) is 37.5. The van der Waals surface area contributed by atoms with E-state index in [1.165, 1.54) is 47.7 Å². The number of thiophene rings is 1. The first-order valence-electron chi connectivity index (χ1n) is 19.0. The maximum absolute atomic E-state index is 6.92. The van der Waals surface area contributed by atoms with Crippen molar-refractivity contribution in [1.29, 1.82) is 0 Å². The van der Waals surface area contributed by atoms with Crippen molar-refractivity contribution < 1.29 is 4.42 Å². The van der Waals surface area contributed by atoms with Crippen LogP contribution in [0.3, 0.4) is 0 Å². The summed E-state index contributed by atoms with van der Waals surface area (Å²) in [5, 5.41) is 7.09. The predicted molar refractivity (Wildman–Crippen MR) is 236 cm³/mol. The van der Waals surface area contributed by atoms with Crippen molar-refractivity contribution in [2.45, 2.75) is 0 Å². The summed E-state index contributed by atoms with van der Waals surface area (Å²) < 4.78 is 11.8. The van der Waals surface area contributed by atoms with Crippen LogP contribution in [0.15, 0.2) is 186 Å². The Hall–Kier alpha value is -7.41. The first-order valence-corrected chi connectivity index (χ1v) is 19.8. The minimum absolute atomic E-state index is 0.570. The average molecular weight is 747 g/mol. The predicted octanol–water partition coefficient (Wildman–Crippen LogP) is 13.9. The van der Waals surface area contributed by atoms with Crippen molar-refractivity contribution in [2.24, 2.45) is 0 Å². The Kier molecular flexibility index (Phi) is 7.03. The van der Waals surface area contributed by atoms with Crippen molar-refractivity contribution in [1.82, 2.24) is 19.5 Å². The number of rotatable bonds is 5. The van der Waals surface area contributed by atoms with Gasteiger partial charge in [-0.3, -0.25) is 0 Å². The lowest BCUT2D eigenvalue weighted by Gasteiger charge is -2.08. The summed E-state index contributed by atoms with van der Waals surface area (Å²) in [6.45, 7) is 0. The van der Waals surface area contributed by atoms with Crippen LogP contribution in [0.1, 0.15) is 0 Å². The summed E-state index contributed by atoms with van der Waals surface area (Å²) >= 11 is 1.84. The van der Waals surface area contributed by atoms with E-state index in [9.17, 15) is 0 Å². The Bertz CT molecular complexity index is 3420. The topological polar surface area (TPSA) is 56.7 Å². The summed E-state index contributed by atoms with van der Waals surface area (Å²) in [5.74, 6) is 1.80. The number of hydrogen-bond acceptors (Lipinski definition) is 5. The van der Waals surface area contributed by atoms with Gasteiger partial charge in [-0.2, -0.15) is 0 Å². The van der Waals surface area contributed by atoms with Crippen molar-refractivity contribution in [2.75, 3.05) is 0 Å². The lowest BCUT2D eigenvalue weighted by atomic mass is 10.00. The number of nitrogens with zero attached hydrogens (tertiary/aromatic N) is 4. The van der Waals surface area contributed by atoms with E-state index in [2.05, 4.69) is 120 Å². The molecule has 12 aromatic rings. The van der Waals surface area contributed by atoms with Crippen molar-refractivity contribution in [3.05, 3.63) is 182 Å². The van der Waals surface area contributed by atoms with E-state index >= 15 is 0 Å². The Labute approximate surface area is 330 Å². The molecule has 0 unspecified atom stereocenters. The number of para-hydroxylation sites is 4. The Morgan fingerprint density at radius 1 is 0.368 bits per heavy atom. The maximum atomic E-state index is 6.92. The Morgan fingerprint density at radius 2 is 0.930 bits per heavy atom. The van der Waals surface area contributed by atoms with Gasteiger partial charge in [-0.15, -0.1) is 11.3 Å². The van der Waals surface area contributed by atoms with Crippen LogP contribution < -0.4 is 0 Å². The molecule has 0 aliphatic heterocycles. The molecule has 4 aromatic heterocycles. The fraction of sp³-hybridized carbons (Fsp3) is 0. The fourth-order valence-corrected chi connectivity index (χ4v) is 9.55. The van der Waals surface area contributed by atoms with E-state index in [1.807, 2.05) is 78.1 Å². The fourth-order valence-electron chi connectivity index (χ4n) is 8.43. The molecule has 0 radical (unpaired) electrons. The second-order valence-corrected chi connectivity index (χ2v) is 15.5. The first-order chi connectivity index (χ1) is 28.2. The molecular weight excluding hydrogens is 717 g/mol. The van der Waals surface area contributed by atoms with Crippen LogP contribution in [0.4, 0.5) is 0 Å². The minimum atomic E-state index is 0.570. The maximum Gasteiger partial charge on any atom is 0.167 e. The molecule has 266 valence electrons. The van der Waals surface area contributed by atoms with E-state index < -0.39 is 0 Å². The molecule has 0 bridgehead atoms. The monoisotopic (exact) mass is 746 g/mol. The number of benzene rings is 8. The van der Waals surface area contributed by atoms with Crippen LogP contribution in [-0.4, -0.2) is 19.5 Å². The minimum Gasteiger partial charge on any atom is -0.455 e. The SMILES string of the molecule is c1ccc(-c2nc(-c3ccccc3)nc(-c3cccc4c3oc3c(-c5ccc6sc7cc(-n8c9ccccc9c9ccccc98)ccc7c6c5)cccc34)n2)cc1. The highest BCUT2D eigenvalue weighted by molar-refractivity contribution is 7.25. The van der Waals surface area contributed by atoms with E-state index in [-0.39, 0.29) is 0 Å². The quantitative estimate of drug-likeness (QED) is 0.176. The molecule has 0 aliphatic carbocycles. The largest absolute Gasteiger partial charge is 0.455 e. The van der Waals surface area contributed by atoms with E-state index in [0.29, 0.717) is 17.5 Å². The molecule has 0 fully saturated rings.